The molecular weight excluding hydrogens is 444 g/mol. The zero-order valence-electron chi connectivity index (χ0n) is 24.0. The number of hydrogen-bond acceptors (Lipinski definition) is 3. The Balaban J connectivity index is 1.28. The molecule has 4 saturated carbocycles. The van der Waals surface area contributed by atoms with E-state index in [1.165, 1.54) is 114 Å². The van der Waals surface area contributed by atoms with Crippen molar-refractivity contribution in [1.29, 1.82) is 0 Å². The van der Waals surface area contributed by atoms with Crippen molar-refractivity contribution in [3.63, 3.8) is 0 Å². The molecule has 2 aliphatic heterocycles. The van der Waals surface area contributed by atoms with E-state index in [9.17, 15) is 4.79 Å². The molecule has 4 heteroatoms. The van der Waals surface area contributed by atoms with E-state index >= 15 is 0 Å². The molecule has 0 spiro atoms. The van der Waals surface area contributed by atoms with Crippen molar-refractivity contribution in [3.8, 4) is 0 Å². The lowest BCUT2D eigenvalue weighted by atomic mass is 9.44. The van der Waals surface area contributed by atoms with Crippen LogP contribution in [-0.4, -0.2) is 66.8 Å². The predicted octanol–water partition coefficient (Wildman–Crippen LogP) is 6.42. The van der Waals surface area contributed by atoms with E-state index in [-0.39, 0.29) is 17.5 Å². The number of quaternary nitrogens is 1. The van der Waals surface area contributed by atoms with E-state index in [0.717, 1.165) is 42.2 Å². The van der Waals surface area contributed by atoms with Crippen molar-refractivity contribution in [3.05, 3.63) is 0 Å². The first-order valence-electron chi connectivity index (χ1n) is 16.0. The molecule has 2 saturated heterocycles. The van der Waals surface area contributed by atoms with E-state index in [0.29, 0.717) is 5.41 Å². The lowest BCUT2D eigenvalue weighted by molar-refractivity contribution is -0.942. The van der Waals surface area contributed by atoms with Gasteiger partial charge in [0.15, 0.2) is 0 Å². The SMILES string of the molecule is CC(=O)O[C@H]1CCC2C3CCC4CC(N5CCCCC5)[C@@H]([N+]5(C)CCCCC5)C[C@]4(C)C3CC[C@@]21C. The second-order valence-electron chi connectivity index (χ2n) is 15.0. The summed E-state index contributed by atoms with van der Waals surface area (Å²) in [5.74, 6) is 3.33. The Morgan fingerprint density at radius 3 is 2.28 bits per heavy atom. The van der Waals surface area contributed by atoms with Gasteiger partial charge in [0.2, 0.25) is 0 Å². The molecule has 0 aromatic rings. The Labute approximate surface area is 221 Å². The van der Waals surface area contributed by atoms with Gasteiger partial charge in [-0.25, -0.2) is 0 Å². The van der Waals surface area contributed by atoms with Gasteiger partial charge >= 0.3 is 5.97 Å². The van der Waals surface area contributed by atoms with Crippen molar-refractivity contribution in [2.24, 2.45) is 34.5 Å². The van der Waals surface area contributed by atoms with Gasteiger partial charge in [0.1, 0.15) is 12.1 Å². The van der Waals surface area contributed by atoms with Gasteiger partial charge in [-0.3, -0.25) is 9.69 Å². The van der Waals surface area contributed by atoms with Gasteiger partial charge in [-0.2, -0.15) is 0 Å². The average Bonchev–Trinajstić information content (AvgIpc) is 3.19. The molecule has 9 atom stereocenters. The van der Waals surface area contributed by atoms with Gasteiger partial charge in [-0.05, 0) is 119 Å². The largest absolute Gasteiger partial charge is 0.462 e. The van der Waals surface area contributed by atoms with E-state index in [2.05, 4.69) is 25.8 Å². The lowest BCUT2D eigenvalue weighted by Gasteiger charge is -2.64. The molecule has 5 unspecified atom stereocenters. The highest BCUT2D eigenvalue weighted by Crippen LogP contribution is 2.67. The minimum Gasteiger partial charge on any atom is -0.462 e. The van der Waals surface area contributed by atoms with Gasteiger partial charge in [-0.1, -0.05) is 20.3 Å². The first-order valence-corrected chi connectivity index (χ1v) is 16.0. The van der Waals surface area contributed by atoms with Crippen molar-refractivity contribution in [2.45, 2.75) is 129 Å². The number of hydrogen-bond donors (Lipinski definition) is 0. The molecule has 2 heterocycles. The third-order valence-corrected chi connectivity index (χ3v) is 13.4. The number of likely N-dealkylation sites (tertiary alicyclic amines) is 2. The molecule has 0 amide bonds. The summed E-state index contributed by atoms with van der Waals surface area (Å²) in [7, 11) is 2.66. The number of carbonyl (C=O) groups excluding carboxylic acids is 1. The van der Waals surface area contributed by atoms with Crippen LogP contribution in [0, 0.1) is 34.5 Å². The summed E-state index contributed by atoms with van der Waals surface area (Å²) in [6.45, 7) is 12.4. The minimum atomic E-state index is -0.0722. The third kappa shape index (κ3) is 4.10. The normalized spacial score (nSPS) is 48.9. The van der Waals surface area contributed by atoms with Crippen molar-refractivity contribution in [1.82, 2.24) is 4.90 Å². The van der Waals surface area contributed by atoms with E-state index in [1.54, 1.807) is 6.92 Å². The summed E-state index contributed by atoms with van der Waals surface area (Å²) in [6, 6.07) is 1.64. The second kappa shape index (κ2) is 9.54. The van der Waals surface area contributed by atoms with Gasteiger partial charge in [0.25, 0.3) is 0 Å². The highest BCUT2D eigenvalue weighted by Gasteiger charge is 2.63. The van der Waals surface area contributed by atoms with Crippen LogP contribution in [0.1, 0.15) is 111 Å². The number of rotatable bonds is 3. The number of likely N-dealkylation sites (N-methyl/N-ethyl adjacent to an activating group) is 1. The Morgan fingerprint density at radius 2 is 1.56 bits per heavy atom. The molecule has 0 radical (unpaired) electrons. The maximum Gasteiger partial charge on any atom is 0.302 e. The zero-order chi connectivity index (χ0) is 25.1. The van der Waals surface area contributed by atoms with Crippen LogP contribution < -0.4 is 0 Å². The van der Waals surface area contributed by atoms with Crippen molar-refractivity contribution >= 4 is 5.97 Å². The topological polar surface area (TPSA) is 29.5 Å². The molecular formula is C32H55N2O2+. The quantitative estimate of drug-likeness (QED) is 0.331. The molecule has 0 bridgehead atoms. The molecule has 4 aliphatic carbocycles. The average molecular weight is 500 g/mol. The summed E-state index contributed by atoms with van der Waals surface area (Å²) in [5, 5.41) is 0. The number of nitrogens with zero attached hydrogens (tertiary/aromatic N) is 2. The molecule has 0 aromatic carbocycles. The first kappa shape index (κ1) is 25.7. The Bertz CT molecular complexity index is 817. The van der Waals surface area contributed by atoms with Gasteiger partial charge in [0.05, 0.1) is 26.2 Å². The monoisotopic (exact) mass is 499 g/mol. The highest BCUT2D eigenvalue weighted by molar-refractivity contribution is 5.66. The minimum absolute atomic E-state index is 0.0722. The van der Waals surface area contributed by atoms with E-state index in [1.807, 2.05) is 0 Å². The van der Waals surface area contributed by atoms with Crippen LogP contribution >= 0.6 is 0 Å². The number of esters is 1. The van der Waals surface area contributed by atoms with Crippen LogP contribution in [0.4, 0.5) is 0 Å². The summed E-state index contributed by atoms with van der Waals surface area (Å²) < 4.78 is 7.30. The maximum atomic E-state index is 11.9. The number of ether oxygens (including phenoxy) is 1. The molecule has 6 rings (SSSR count). The van der Waals surface area contributed by atoms with Gasteiger partial charge in [-0.15, -0.1) is 0 Å². The van der Waals surface area contributed by atoms with Crippen LogP contribution in [-0.2, 0) is 9.53 Å². The zero-order valence-corrected chi connectivity index (χ0v) is 24.0. The highest BCUT2D eigenvalue weighted by atomic mass is 16.5. The molecule has 4 nitrogen and oxygen atoms in total. The Morgan fingerprint density at radius 1 is 0.861 bits per heavy atom. The maximum absolute atomic E-state index is 11.9. The van der Waals surface area contributed by atoms with Crippen LogP contribution in [0.3, 0.4) is 0 Å². The van der Waals surface area contributed by atoms with Gasteiger partial charge < -0.3 is 9.22 Å². The summed E-state index contributed by atoms with van der Waals surface area (Å²) in [4.78, 5) is 14.9. The fraction of sp³-hybridized carbons (Fsp3) is 0.969. The summed E-state index contributed by atoms with van der Waals surface area (Å²) in [5.41, 5.74) is 0.714. The number of fused-ring (bicyclic) bond motifs is 5. The van der Waals surface area contributed by atoms with Crippen LogP contribution in [0.2, 0.25) is 0 Å². The second-order valence-corrected chi connectivity index (χ2v) is 15.0. The summed E-state index contributed by atoms with van der Waals surface area (Å²) >= 11 is 0. The Kier molecular flexibility index (Phi) is 6.80. The lowest BCUT2D eigenvalue weighted by Crippen LogP contribution is -2.69. The molecule has 0 aromatic heterocycles. The molecule has 6 fully saturated rings. The predicted molar refractivity (Wildman–Crippen MR) is 145 cm³/mol. The number of carbonyl (C=O) groups is 1. The van der Waals surface area contributed by atoms with E-state index in [4.69, 9.17) is 4.74 Å². The molecule has 36 heavy (non-hydrogen) atoms. The van der Waals surface area contributed by atoms with E-state index < -0.39 is 0 Å². The fourth-order valence-corrected chi connectivity index (χ4v) is 11.5. The van der Waals surface area contributed by atoms with Crippen LogP contribution in [0.15, 0.2) is 0 Å². The molecule has 204 valence electrons. The Hall–Kier alpha value is -0.610. The van der Waals surface area contributed by atoms with Crippen molar-refractivity contribution in [2.75, 3.05) is 33.2 Å². The summed E-state index contributed by atoms with van der Waals surface area (Å²) in [6.07, 6.45) is 19.6. The third-order valence-electron chi connectivity index (χ3n) is 13.4. The van der Waals surface area contributed by atoms with Crippen molar-refractivity contribution < 1.29 is 14.0 Å². The van der Waals surface area contributed by atoms with Crippen LogP contribution in [0.25, 0.3) is 0 Å². The van der Waals surface area contributed by atoms with Gasteiger partial charge in [0, 0.05) is 18.8 Å². The number of piperidine rings is 2. The first-order chi connectivity index (χ1) is 17.2. The standard InChI is InChI=1S/C32H55N2O2/c1-23(35)36-30-14-13-26-25-12-11-24-21-28(33-17-7-5-8-18-33)29(34(4)19-9-6-10-20-34)22-32(24,3)27(25)15-16-31(26,30)2/h24-30H,5-22H2,1-4H3/q+1/t24?,25?,26?,27?,28?,29-,30-,31-,32-/m0/s1. The smallest absolute Gasteiger partial charge is 0.302 e. The fourth-order valence-electron chi connectivity index (χ4n) is 11.5. The molecule has 0 N–H and O–H groups in total. The molecule has 6 aliphatic rings. The van der Waals surface area contributed by atoms with Crippen LogP contribution in [0.5, 0.6) is 0 Å².